The van der Waals surface area contributed by atoms with Gasteiger partial charge in [0.1, 0.15) is 27.6 Å². The van der Waals surface area contributed by atoms with Crippen LogP contribution in [0.1, 0.15) is 0 Å². The first kappa shape index (κ1) is 20.8. The van der Waals surface area contributed by atoms with Crippen molar-refractivity contribution in [2.24, 2.45) is 28.2 Å². The second-order valence-corrected chi connectivity index (χ2v) is 8.62. The lowest BCUT2D eigenvalue weighted by atomic mass is 10.2. The van der Waals surface area contributed by atoms with Crippen LogP contribution in [0.3, 0.4) is 0 Å². The second kappa shape index (κ2) is 6.89. The Morgan fingerprint density at radius 1 is 0.771 bits per heavy atom. The summed E-state index contributed by atoms with van der Waals surface area (Å²) in [5.74, 6) is 0. The molecule has 2 aromatic carbocycles. The zero-order chi connectivity index (χ0) is 24.8. The lowest BCUT2D eigenvalue weighted by Crippen LogP contribution is -2.55. The van der Waals surface area contributed by atoms with Gasteiger partial charge in [0.2, 0.25) is 5.71 Å². The van der Waals surface area contributed by atoms with Crippen LogP contribution in [0.5, 0.6) is 0 Å². The molecule has 0 amide bonds. The zero-order valence-corrected chi connectivity index (χ0v) is 19.4. The van der Waals surface area contributed by atoms with E-state index in [-0.39, 0.29) is 11.1 Å². The lowest BCUT2D eigenvalue weighted by Gasteiger charge is -2.04. The van der Waals surface area contributed by atoms with Gasteiger partial charge in [-0.2, -0.15) is 9.13 Å². The van der Waals surface area contributed by atoms with Gasteiger partial charge in [0.15, 0.2) is 0 Å². The summed E-state index contributed by atoms with van der Waals surface area (Å²) in [5, 5.41) is 1.72. The third-order valence-corrected chi connectivity index (χ3v) is 6.68. The topological polar surface area (TPSA) is 105 Å². The van der Waals surface area contributed by atoms with Crippen LogP contribution in [-0.4, -0.2) is 18.3 Å². The van der Waals surface area contributed by atoms with Crippen molar-refractivity contribution in [3.63, 3.8) is 0 Å². The van der Waals surface area contributed by atoms with Gasteiger partial charge in [-0.15, -0.1) is 0 Å². The molecule has 0 unspecified atom stereocenters. The summed E-state index contributed by atoms with van der Waals surface area (Å²) in [7, 11) is 6.03. The molecular formula is C25H20N5O5+. The van der Waals surface area contributed by atoms with Crippen LogP contribution >= 0.6 is 0 Å². The molecule has 0 saturated heterocycles. The molecule has 0 saturated carbocycles. The Kier molecular flexibility index (Phi) is 4.10. The van der Waals surface area contributed by atoms with Crippen LogP contribution in [0.4, 0.5) is 0 Å². The molecule has 0 aliphatic carbocycles. The van der Waals surface area contributed by atoms with Crippen LogP contribution in [0.25, 0.3) is 49.7 Å². The Morgan fingerprint density at radius 3 is 2.17 bits per heavy atom. The summed E-state index contributed by atoms with van der Waals surface area (Å²) in [6.07, 6.45) is 0. The summed E-state index contributed by atoms with van der Waals surface area (Å²) in [5.41, 5.74) is 0.498. The van der Waals surface area contributed by atoms with E-state index in [1.165, 1.54) is 23.2 Å². The van der Waals surface area contributed by atoms with Crippen molar-refractivity contribution in [1.29, 1.82) is 0 Å². The smallest absolute Gasteiger partial charge is 0.439 e. The Morgan fingerprint density at radius 2 is 1.46 bits per heavy atom. The molecule has 10 nitrogen and oxygen atoms in total. The van der Waals surface area contributed by atoms with Gasteiger partial charge in [-0.25, -0.2) is 19.0 Å². The minimum atomic E-state index is -0.493. The maximum absolute atomic E-state index is 13.3. The Bertz CT molecular complexity index is 2130. The van der Waals surface area contributed by atoms with Gasteiger partial charge in [0, 0.05) is 24.9 Å². The molecule has 0 aliphatic heterocycles. The monoisotopic (exact) mass is 470 g/mol. The number of aromatic nitrogens is 5. The largest absolute Gasteiger partial charge is 0.445 e. The zero-order valence-electron chi connectivity index (χ0n) is 19.4. The third-order valence-electron chi connectivity index (χ3n) is 6.68. The molecule has 0 spiro atoms. The van der Waals surface area contributed by atoms with E-state index in [2.05, 4.69) is 0 Å². The Balaban J connectivity index is 1.97. The highest BCUT2D eigenvalue weighted by atomic mass is 16.3. The number of benzene rings is 1. The molecule has 4 heterocycles. The second-order valence-electron chi connectivity index (χ2n) is 8.62. The van der Waals surface area contributed by atoms with Gasteiger partial charge < -0.3 is 4.42 Å². The molecule has 35 heavy (non-hydrogen) atoms. The molecule has 0 fully saturated rings. The molecule has 10 heteroatoms. The van der Waals surface area contributed by atoms with Gasteiger partial charge in [-0.05, 0) is 30.3 Å². The molecule has 4 aromatic heterocycles. The number of aryl methyl sites for hydroxylation is 2. The predicted octanol–water partition coefficient (Wildman–Crippen LogP) is 0.964. The maximum atomic E-state index is 13.3. The van der Waals surface area contributed by atoms with Crippen LogP contribution in [0.15, 0.2) is 72.1 Å². The number of para-hydroxylation sites is 1. The van der Waals surface area contributed by atoms with Crippen LogP contribution in [-0.2, 0) is 28.2 Å². The van der Waals surface area contributed by atoms with Crippen LogP contribution in [0.2, 0.25) is 0 Å². The van der Waals surface area contributed by atoms with Gasteiger partial charge >= 0.3 is 16.9 Å². The van der Waals surface area contributed by atoms with Gasteiger partial charge in [0.25, 0.3) is 11.2 Å². The fraction of sp³-hybridized carbons (Fsp3) is 0.160. The molecule has 174 valence electrons. The van der Waals surface area contributed by atoms with Crippen molar-refractivity contribution < 1.29 is 8.98 Å². The number of hydrogen-bond donors (Lipinski definition) is 0. The maximum Gasteiger partial charge on any atom is 0.445 e. The van der Waals surface area contributed by atoms with Gasteiger partial charge in [-0.1, -0.05) is 18.2 Å². The standard InChI is InChI=1S/C25H20N5O5/c1-26-20-18(21(31)27(2)24(26)33)14-10-11-17-15(12-16(14)30(20)13-8-6-5-7-9-13)19-22(32)28(3)25(34)29(4)23(19)35-17/h5-12H,1-4H3/q+1. The number of rotatable bonds is 1. The Hall–Kier alpha value is -4.73. The highest BCUT2D eigenvalue weighted by molar-refractivity contribution is 6.12. The van der Waals surface area contributed by atoms with E-state index in [1.54, 1.807) is 32.3 Å². The normalized spacial score (nSPS) is 11.9. The highest BCUT2D eigenvalue weighted by Crippen LogP contribution is 2.32. The predicted molar refractivity (Wildman–Crippen MR) is 131 cm³/mol. The molecule has 0 aliphatic rings. The van der Waals surface area contributed by atoms with Crippen molar-refractivity contribution in [3.05, 3.63) is 90.2 Å². The summed E-state index contributed by atoms with van der Waals surface area (Å²) >= 11 is 0. The summed E-state index contributed by atoms with van der Waals surface area (Å²) in [6.45, 7) is 0. The molecule has 0 N–H and O–H groups in total. The van der Waals surface area contributed by atoms with Gasteiger partial charge in [0.05, 0.1) is 14.1 Å². The first-order valence-electron chi connectivity index (χ1n) is 10.9. The number of fused-ring (bicyclic) bond motifs is 6. The average molecular weight is 470 g/mol. The van der Waals surface area contributed by atoms with E-state index in [0.717, 1.165) is 14.8 Å². The van der Waals surface area contributed by atoms with E-state index < -0.39 is 22.5 Å². The molecule has 6 rings (SSSR count). The number of nitrogens with zero attached hydrogens (tertiary/aromatic N) is 5. The molecule has 0 radical (unpaired) electrons. The SMILES string of the molecule is Cn1c(=O)c2c3cc4c(ccc3oc2n(C)c1=O)c1c(=O)n(C)c(=O)[n+](C)c1n4-c1ccccc1. The number of hydrogen-bond acceptors (Lipinski definition) is 5. The first-order valence-corrected chi connectivity index (χ1v) is 10.9. The van der Waals surface area contributed by atoms with E-state index in [9.17, 15) is 19.2 Å². The Labute approximate surface area is 195 Å². The van der Waals surface area contributed by atoms with E-state index in [4.69, 9.17) is 4.42 Å². The fourth-order valence-corrected chi connectivity index (χ4v) is 4.86. The minimum Gasteiger partial charge on any atom is -0.439 e. The van der Waals surface area contributed by atoms with Crippen molar-refractivity contribution >= 4 is 44.0 Å². The third kappa shape index (κ3) is 2.56. The van der Waals surface area contributed by atoms with Crippen LogP contribution < -0.4 is 27.1 Å². The van der Waals surface area contributed by atoms with E-state index in [0.29, 0.717) is 32.9 Å². The fourth-order valence-electron chi connectivity index (χ4n) is 4.86. The van der Waals surface area contributed by atoms with Crippen LogP contribution in [0, 0.1) is 0 Å². The summed E-state index contributed by atoms with van der Waals surface area (Å²) in [6, 6.07) is 14.6. The molecule has 0 atom stereocenters. The quantitative estimate of drug-likeness (QED) is 0.333. The van der Waals surface area contributed by atoms with Gasteiger partial charge in [-0.3, -0.25) is 13.9 Å². The summed E-state index contributed by atoms with van der Waals surface area (Å²) < 4.78 is 12.6. The van der Waals surface area contributed by atoms with Crippen molar-refractivity contribution in [2.75, 3.05) is 0 Å². The summed E-state index contributed by atoms with van der Waals surface area (Å²) in [4.78, 5) is 51.7. The average Bonchev–Trinajstić information content (AvgIpc) is 3.33. The van der Waals surface area contributed by atoms with Crippen molar-refractivity contribution in [2.45, 2.75) is 0 Å². The highest BCUT2D eigenvalue weighted by Gasteiger charge is 2.27. The first-order chi connectivity index (χ1) is 16.7. The lowest BCUT2D eigenvalue weighted by molar-refractivity contribution is -0.667. The molecule has 6 aromatic rings. The van der Waals surface area contributed by atoms with E-state index >= 15 is 0 Å². The van der Waals surface area contributed by atoms with E-state index in [1.807, 2.05) is 34.9 Å². The minimum absolute atomic E-state index is 0.165. The number of furan rings is 1. The molecule has 0 bridgehead atoms. The van der Waals surface area contributed by atoms with Crippen molar-refractivity contribution in [3.8, 4) is 5.69 Å². The van der Waals surface area contributed by atoms with Crippen molar-refractivity contribution in [1.82, 2.24) is 18.3 Å². The molecular weight excluding hydrogens is 450 g/mol.